The second-order valence-electron chi connectivity index (χ2n) is 9.03. The summed E-state index contributed by atoms with van der Waals surface area (Å²) in [6.07, 6.45) is 4.57. The molecule has 6 nitrogen and oxygen atoms in total. The van der Waals surface area contributed by atoms with Crippen molar-refractivity contribution in [3.63, 3.8) is 0 Å². The third kappa shape index (κ3) is 4.23. The lowest BCUT2D eigenvalue weighted by molar-refractivity contribution is 0.0952. The number of aromatic nitrogens is 2. The highest BCUT2D eigenvalue weighted by atomic mass is 32.1. The van der Waals surface area contributed by atoms with Crippen molar-refractivity contribution in [1.82, 2.24) is 15.3 Å². The van der Waals surface area contributed by atoms with E-state index in [2.05, 4.69) is 15.3 Å². The maximum atomic E-state index is 13.7. The first-order chi connectivity index (χ1) is 17.1. The Morgan fingerprint density at radius 3 is 2.71 bits per heavy atom. The van der Waals surface area contributed by atoms with E-state index in [0.29, 0.717) is 24.7 Å². The molecule has 1 saturated carbocycles. The number of pyridine rings is 2. The first kappa shape index (κ1) is 21.7. The van der Waals surface area contributed by atoms with Crippen LogP contribution >= 0.6 is 11.3 Å². The number of hydrogen-bond acceptors (Lipinski definition) is 5. The molecule has 1 fully saturated rings. The minimum absolute atomic E-state index is 0.00241. The number of nitrogens with zero attached hydrogens (tertiary/aromatic N) is 3. The lowest BCUT2D eigenvalue weighted by Crippen LogP contribution is -2.33. The number of anilines is 1. The summed E-state index contributed by atoms with van der Waals surface area (Å²) in [6.45, 7) is 2.45. The van der Waals surface area contributed by atoms with Gasteiger partial charge in [-0.3, -0.25) is 14.6 Å². The fourth-order valence-electron chi connectivity index (χ4n) is 4.38. The maximum absolute atomic E-state index is 13.7. The van der Waals surface area contributed by atoms with Gasteiger partial charge in [0.2, 0.25) is 0 Å². The lowest BCUT2D eigenvalue weighted by atomic mass is 10.1. The number of nitrogens with one attached hydrogen (secondary N) is 1. The fraction of sp³-hybridized carbons (Fsp3) is 0.214. The SMILES string of the molecule is Cc1ccc(-c2cccc(C(=O)N3CCc4cc(C(=O)NC5CC5)sc4-c4ccccc43)n2)cn1. The Hall–Kier alpha value is -3.84. The zero-order chi connectivity index (χ0) is 23.9. The Morgan fingerprint density at radius 1 is 1.06 bits per heavy atom. The van der Waals surface area contributed by atoms with Gasteiger partial charge in [-0.25, -0.2) is 4.98 Å². The Bertz CT molecular complexity index is 1440. The molecule has 0 spiro atoms. The Kier molecular flexibility index (Phi) is 5.41. The average molecular weight is 481 g/mol. The van der Waals surface area contributed by atoms with Crippen molar-refractivity contribution in [2.45, 2.75) is 32.2 Å². The number of thiophene rings is 1. The van der Waals surface area contributed by atoms with Gasteiger partial charge in [-0.05, 0) is 68.1 Å². The molecular weight excluding hydrogens is 456 g/mol. The summed E-state index contributed by atoms with van der Waals surface area (Å²) in [5.41, 5.74) is 5.85. The molecule has 2 amide bonds. The third-order valence-electron chi connectivity index (χ3n) is 6.41. The fourth-order valence-corrected chi connectivity index (χ4v) is 5.52. The van der Waals surface area contributed by atoms with E-state index in [1.807, 2.05) is 66.4 Å². The zero-order valence-corrected chi connectivity index (χ0v) is 20.1. The smallest absolute Gasteiger partial charge is 0.276 e. The van der Waals surface area contributed by atoms with Crippen LogP contribution in [0.4, 0.5) is 5.69 Å². The van der Waals surface area contributed by atoms with E-state index < -0.39 is 0 Å². The summed E-state index contributed by atoms with van der Waals surface area (Å²) in [6, 6.07) is 19.7. The highest BCUT2D eigenvalue weighted by Crippen LogP contribution is 2.42. The van der Waals surface area contributed by atoms with E-state index in [0.717, 1.165) is 56.4 Å². The van der Waals surface area contributed by atoms with Crippen LogP contribution in [0.25, 0.3) is 21.7 Å². The minimum Gasteiger partial charge on any atom is -0.349 e. The topological polar surface area (TPSA) is 75.2 Å². The largest absolute Gasteiger partial charge is 0.349 e. The Morgan fingerprint density at radius 2 is 1.91 bits per heavy atom. The molecule has 6 rings (SSSR count). The van der Waals surface area contributed by atoms with Gasteiger partial charge in [-0.15, -0.1) is 11.3 Å². The van der Waals surface area contributed by atoms with Crippen LogP contribution in [0, 0.1) is 6.92 Å². The summed E-state index contributed by atoms with van der Waals surface area (Å²) in [5.74, 6) is -0.135. The number of carbonyl (C=O) groups is 2. The summed E-state index contributed by atoms with van der Waals surface area (Å²) < 4.78 is 0. The molecule has 1 N–H and O–H groups in total. The van der Waals surface area contributed by atoms with Crippen LogP contribution in [0.15, 0.2) is 66.9 Å². The molecule has 1 aliphatic heterocycles. The molecule has 3 aromatic heterocycles. The Balaban J connectivity index is 1.33. The normalized spacial score (nSPS) is 14.6. The first-order valence-electron chi connectivity index (χ1n) is 11.8. The molecule has 1 aliphatic carbocycles. The maximum Gasteiger partial charge on any atom is 0.276 e. The number of aryl methyl sites for hydroxylation is 1. The van der Waals surface area contributed by atoms with Crippen molar-refractivity contribution >= 4 is 28.8 Å². The van der Waals surface area contributed by atoms with E-state index >= 15 is 0 Å². The van der Waals surface area contributed by atoms with E-state index in [4.69, 9.17) is 0 Å². The molecule has 4 aromatic rings. The van der Waals surface area contributed by atoms with E-state index in [-0.39, 0.29) is 11.8 Å². The summed E-state index contributed by atoms with van der Waals surface area (Å²) >= 11 is 1.51. The van der Waals surface area contributed by atoms with Crippen LogP contribution in [-0.2, 0) is 6.42 Å². The van der Waals surface area contributed by atoms with Crippen molar-refractivity contribution in [3.05, 3.63) is 88.7 Å². The molecule has 0 saturated heterocycles. The molecule has 0 radical (unpaired) electrons. The van der Waals surface area contributed by atoms with Gasteiger partial charge in [-0.2, -0.15) is 0 Å². The van der Waals surface area contributed by atoms with E-state index in [9.17, 15) is 9.59 Å². The second-order valence-corrected chi connectivity index (χ2v) is 10.1. The predicted octanol–water partition coefficient (Wildman–Crippen LogP) is 5.28. The van der Waals surface area contributed by atoms with E-state index in [1.165, 1.54) is 11.3 Å². The minimum atomic E-state index is -0.138. The highest BCUT2D eigenvalue weighted by Gasteiger charge is 2.29. The number of para-hydroxylation sites is 1. The Labute approximate surface area is 207 Å². The molecule has 0 atom stereocenters. The van der Waals surface area contributed by atoms with Crippen LogP contribution in [0.3, 0.4) is 0 Å². The molecule has 0 unspecified atom stereocenters. The van der Waals surface area contributed by atoms with Crippen LogP contribution in [-0.4, -0.2) is 34.4 Å². The molecule has 0 bridgehead atoms. The highest BCUT2D eigenvalue weighted by molar-refractivity contribution is 7.17. The molecule has 4 heterocycles. The summed E-state index contributed by atoms with van der Waals surface area (Å²) in [4.78, 5) is 39.0. The number of carbonyl (C=O) groups excluding carboxylic acids is 2. The molecule has 2 aliphatic rings. The number of benzene rings is 1. The summed E-state index contributed by atoms with van der Waals surface area (Å²) in [5, 5.41) is 3.08. The predicted molar refractivity (Wildman–Crippen MR) is 138 cm³/mol. The number of fused-ring (bicyclic) bond motifs is 3. The molecule has 1 aromatic carbocycles. The monoisotopic (exact) mass is 480 g/mol. The van der Waals surface area contributed by atoms with Gasteiger partial charge in [0.15, 0.2) is 0 Å². The van der Waals surface area contributed by atoms with Gasteiger partial charge < -0.3 is 10.2 Å². The van der Waals surface area contributed by atoms with Crippen molar-refractivity contribution in [2.24, 2.45) is 0 Å². The molecule has 7 heteroatoms. The standard InChI is InChI=1S/C28H24N4O2S/c1-17-9-10-19(16-29-17)22-6-4-7-23(31-22)28(34)32-14-13-18-15-25(27(33)30-20-11-12-20)35-26(18)21-5-2-3-8-24(21)32/h2-10,15-16,20H,11-14H2,1H3,(H,30,33). The van der Waals surface area contributed by atoms with Crippen LogP contribution in [0.5, 0.6) is 0 Å². The van der Waals surface area contributed by atoms with Crippen LogP contribution in [0.1, 0.15) is 44.3 Å². The molecule has 174 valence electrons. The first-order valence-corrected chi connectivity index (χ1v) is 12.6. The van der Waals surface area contributed by atoms with Crippen molar-refractivity contribution in [3.8, 4) is 21.7 Å². The van der Waals surface area contributed by atoms with Crippen molar-refractivity contribution in [1.29, 1.82) is 0 Å². The third-order valence-corrected chi connectivity index (χ3v) is 7.62. The zero-order valence-electron chi connectivity index (χ0n) is 19.3. The van der Waals surface area contributed by atoms with Gasteiger partial charge >= 0.3 is 0 Å². The number of hydrogen-bond donors (Lipinski definition) is 1. The molecular formula is C28H24N4O2S. The van der Waals surface area contributed by atoms with Crippen LogP contribution < -0.4 is 10.2 Å². The van der Waals surface area contributed by atoms with Gasteiger partial charge in [0.1, 0.15) is 5.69 Å². The van der Waals surface area contributed by atoms with Gasteiger partial charge in [0.05, 0.1) is 16.3 Å². The van der Waals surface area contributed by atoms with Crippen molar-refractivity contribution < 1.29 is 9.59 Å². The van der Waals surface area contributed by atoms with Crippen LogP contribution in [0.2, 0.25) is 0 Å². The molecule has 35 heavy (non-hydrogen) atoms. The van der Waals surface area contributed by atoms with Gasteiger partial charge in [-0.1, -0.05) is 24.3 Å². The van der Waals surface area contributed by atoms with Gasteiger partial charge in [0.25, 0.3) is 11.8 Å². The quantitative estimate of drug-likeness (QED) is 0.431. The average Bonchev–Trinajstić information content (AvgIpc) is 3.63. The number of amides is 2. The summed E-state index contributed by atoms with van der Waals surface area (Å²) in [7, 11) is 0. The van der Waals surface area contributed by atoms with Crippen molar-refractivity contribution in [2.75, 3.05) is 11.4 Å². The second kappa shape index (κ2) is 8.74. The van der Waals surface area contributed by atoms with E-state index in [1.54, 1.807) is 12.3 Å². The van der Waals surface area contributed by atoms with Gasteiger partial charge in [0, 0.05) is 40.5 Å². The number of rotatable bonds is 4. The lowest BCUT2D eigenvalue weighted by Gasteiger charge is -2.23.